The number of aryl methyl sites for hydroxylation is 3. The second-order valence-electron chi connectivity index (χ2n) is 6.16. The third-order valence-corrected chi connectivity index (χ3v) is 4.82. The van der Waals surface area contributed by atoms with Crippen LogP contribution in [0.25, 0.3) is 0 Å². The SMILES string of the molecule is Cc1cc(C)c(OS(=O)ON2C(=O)C3=C(CCCC3)C2=O)c(C)c1. The fraction of sp³-hybridized carbons (Fsp3) is 0.412. The molecule has 1 unspecified atom stereocenters. The van der Waals surface area contributed by atoms with Gasteiger partial charge in [0.25, 0.3) is 11.8 Å². The second-order valence-corrected chi connectivity index (χ2v) is 6.88. The molecule has 0 aromatic heterocycles. The van der Waals surface area contributed by atoms with Gasteiger partial charge in [0.2, 0.25) is 0 Å². The van der Waals surface area contributed by atoms with E-state index in [1.807, 2.05) is 32.9 Å². The van der Waals surface area contributed by atoms with Crippen LogP contribution in [0, 0.1) is 20.8 Å². The number of hydroxylamine groups is 2. The predicted molar refractivity (Wildman–Crippen MR) is 87.9 cm³/mol. The molecule has 1 atom stereocenters. The van der Waals surface area contributed by atoms with Gasteiger partial charge in [-0.15, -0.1) is 9.35 Å². The Hall–Kier alpha value is -1.99. The van der Waals surface area contributed by atoms with E-state index >= 15 is 0 Å². The van der Waals surface area contributed by atoms with Gasteiger partial charge < -0.3 is 4.18 Å². The summed E-state index contributed by atoms with van der Waals surface area (Å²) in [5.74, 6) is -0.622. The first-order valence-electron chi connectivity index (χ1n) is 7.85. The molecule has 1 aliphatic carbocycles. The zero-order valence-corrected chi connectivity index (χ0v) is 14.7. The standard InChI is InChI=1S/C17H19NO5S/c1-10-8-11(2)15(12(3)9-10)22-24(21)23-18-16(19)13-6-4-5-7-14(13)17(18)20/h8-9H,4-7H2,1-3H3. The average Bonchev–Trinajstić information content (AvgIpc) is 2.76. The van der Waals surface area contributed by atoms with Gasteiger partial charge in [0.1, 0.15) is 5.75 Å². The van der Waals surface area contributed by atoms with Crippen molar-refractivity contribution in [3.8, 4) is 5.75 Å². The Kier molecular flexibility index (Phi) is 4.56. The van der Waals surface area contributed by atoms with Crippen molar-refractivity contribution < 1.29 is 22.3 Å². The summed E-state index contributed by atoms with van der Waals surface area (Å²) in [6.07, 6.45) is 2.85. The minimum Gasteiger partial charge on any atom is -0.378 e. The van der Waals surface area contributed by atoms with Gasteiger partial charge in [0, 0.05) is 11.1 Å². The Labute approximate surface area is 143 Å². The summed E-state index contributed by atoms with van der Waals surface area (Å²) in [6.45, 7) is 5.62. The summed E-state index contributed by atoms with van der Waals surface area (Å²) in [7, 11) is 0. The Morgan fingerprint density at radius 2 is 1.46 bits per heavy atom. The van der Waals surface area contributed by atoms with Crippen molar-refractivity contribution in [1.82, 2.24) is 5.06 Å². The highest BCUT2D eigenvalue weighted by atomic mass is 32.2. The third kappa shape index (κ3) is 3.01. The second kappa shape index (κ2) is 6.49. The number of hydrogen-bond acceptors (Lipinski definition) is 5. The first-order chi connectivity index (χ1) is 11.4. The van der Waals surface area contributed by atoms with Gasteiger partial charge in [-0.05, 0) is 57.6 Å². The molecule has 0 saturated carbocycles. The molecule has 1 heterocycles. The maximum Gasteiger partial charge on any atom is 0.383 e. The summed E-state index contributed by atoms with van der Waals surface area (Å²) in [6, 6.07) is 3.79. The number of amides is 2. The smallest absolute Gasteiger partial charge is 0.378 e. The van der Waals surface area contributed by atoms with Crippen LogP contribution in [0.15, 0.2) is 23.3 Å². The van der Waals surface area contributed by atoms with Gasteiger partial charge in [-0.1, -0.05) is 17.7 Å². The van der Waals surface area contributed by atoms with Crippen LogP contribution < -0.4 is 4.18 Å². The van der Waals surface area contributed by atoms with Crippen molar-refractivity contribution in [2.75, 3.05) is 0 Å². The Balaban J connectivity index is 1.73. The number of carbonyl (C=O) groups excluding carboxylic acids is 2. The zero-order chi connectivity index (χ0) is 17.4. The Bertz CT molecular complexity index is 732. The van der Waals surface area contributed by atoms with Gasteiger partial charge in [0.05, 0.1) is 0 Å². The predicted octanol–water partition coefficient (Wildman–Crippen LogP) is 2.74. The van der Waals surface area contributed by atoms with Crippen molar-refractivity contribution in [1.29, 1.82) is 0 Å². The summed E-state index contributed by atoms with van der Waals surface area (Å²) in [4.78, 5) is 24.5. The monoisotopic (exact) mass is 349 g/mol. The molecule has 7 heteroatoms. The van der Waals surface area contributed by atoms with Crippen LogP contribution in [0.2, 0.25) is 0 Å². The molecule has 0 bridgehead atoms. The van der Waals surface area contributed by atoms with Crippen LogP contribution in [-0.2, 0) is 25.2 Å². The van der Waals surface area contributed by atoms with Crippen molar-refractivity contribution >= 4 is 23.2 Å². The number of rotatable bonds is 4. The van der Waals surface area contributed by atoms with E-state index in [1.165, 1.54) is 0 Å². The molecule has 24 heavy (non-hydrogen) atoms. The fourth-order valence-electron chi connectivity index (χ4n) is 3.22. The maximum absolute atomic E-state index is 12.2. The van der Waals surface area contributed by atoms with Crippen molar-refractivity contribution in [3.05, 3.63) is 40.0 Å². The van der Waals surface area contributed by atoms with Gasteiger partial charge in [-0.2, -0.15) is 4.21 Å². The van der Waals surface area contributed by atoms with Crippen molar-refractivity contribution in [3.63, 3.8) is 0 Å². The average molecular weight is 349 g/mol. The Morgan fingerprint density at radius 1 is 0.958 bits per heavy atom. The number of carbonyl (C=O) groups is 2. The van der Waals surface area contributed by atoms with Crippen molar-refractivity contribution in [2.45, 2.75) is 46.5 Å². The summed E-state index contributed by atoms with van der Waals surface area (Å²) >= 11 is -2.29. The molecule has 1 aromatic rings. The minimum atomic E-state index is -2.29. The summed E-state index contributed by atoms with van der Waals surface area (Å²) in [5.41, 5.74) is 3.63. The normalized spacial score (nSPS) is 18.9. The van der Waals surface area contributed by atoms with Crippen LogP contribution in [0.5, 0.6) is 5.75 Å². The molecule has 1 aliphatic heterocycles. The van der Waals surface area contributed by atoms with Crippen LogP contribution in [-0.4, -0.2) is 21.1 Å². The summed E-state index contributed by atoms with van der Waals surface area (Å²) < 4.78 is 22.5. The van der Waals surface area contributed by atoms with Gasteiger partial charge in [0.15, 0.2) is 0 Å². The minimum absolute atomic E-state index is 0.427. The maximum atomic E-state index is 12.2. The molecule has 0 fully saturated rings. The quantitative estimate of drug-likeness (QED) is 0.782. The Morgan fingerprint density at radius 3 is 1.96 bits per heavy atom. The molecule has 128 valence electrons. The molecular weight excluding hydrogens is 330 g/mol. The van der Waals surface area contributed by atoms with Crippen LogP contribution >= 0.6 is 0 Å². The lowest BCUT2D eigenvalue weighted by Crippen LogP contribution is -2.33. The first-order valence-corrected chi connectivity index (χ1v) is 8.85. The molecule has 0 radical (unpaired) electrons. The number of hydrogen-bond donors (Lipinski definition) is 0. The van der Waals surface area contributed by atoms with Crippen LogP contribution in [0.1, 0.15) is 42.4 Å². The summed E-state index contributed by atoms with van der Waals surface area (Å²) in [5, 5.41) is 0.574. The highest BCUT2D eigenvalue weighted by Crippen LogP contribution is 2.33. The molecular formula is C17H19NO5S. The van der Waals surface area contributed by atoms with E-state index in [0.717, 1.165) is 29.5 Å². The van der Waals surface area contributed by atoms with E-state index < -0.39 is 23.2 Å². The zero-order valence-electron chi connectivity index (χ0n) is 13.9. The lowest BCUT2D eigenvalue weighted by Gasteiger charge is -2.15. The molecule has 0 N–H and O–H groups in total. The highest BCUT2D eigenvalue weighted by Gasteiger charge is 2.41. The number of nitrogens with zero attached hydrogens (tertiary/aromatic N) is 1. The molecule has 2 aliphatic rings. The van der Waals surface area contributed by atoms with Gasteiger partial charge in [-0.25, -0.2) is 0 Å². The van der Waals surface area contributed by atoms with Crippen LogP contribution in [0.4, 0.5) is 0 Å². The molecule has 3 rings (SSSR count). The molecule has 6 nitrogen and oxygen atoms in total. The van der Waals surface area contributed by atoms with E-state index in [0.29, 0.717) is 34.8 Å². The van der Waals surface area contributed by atoms with E-state index in [1.54, 1.807) is 0 Å². The van der Waals surface area contributed by atoms with Gasteiger partial charge >= 0.3 is 11.4 Å². The first kappa shape index (κ1) is 16.9. The van der Waals surface area contributed by atoms with E-state index in [2.05, 4.69) is 0 Å². The van der Waals surface area contributed by atoms with E-state index in [4.69, 9.17) is 8.47 Å². The largest absolute Gasteiger partial charge is 0.383 e. The van der Waals surface area contributed by atoms with Crippen LogP contribution in [0.3, 0.4) is 0 Å². The van der Waals surface area contributed by atoms with E-state index in [-0.39, 0.29) is 0 Å². The molecule has 0 spiro atoms. The topological polar surface area (TPSA) is 72.9 Å². The number of benzene rings is 1. The van der Waals surface area contributed by atoms with Gasteiger partial charge in [-0.3, -0.25) is 9.59 Å². The lowest BCUT2D eigenvalue weighted by molar-refractivity contribution is -0.162. The lowest BCUT2D eigenvalue weighted by atomic mass is 9.93. The number of imide groups is 1. The van der Waals surface area contributed by atoms with Crippen molar-refractivity contribution in [2.24, 2.45) is 0 Å². The molecule has 0 saturated heterocycles. The third-order valence-electron chi connectivity index (χ3n) is 4.24. The van der Waals surface area contributed by atoms with E-state index in [9.17, 15) is 13.8 Å². The fourth-order valence-corrected chi connectivity index (χ4v) is 3.91. The highest BCUT2D eigenvalue weighted by molar-refractivity contribution is 7.75. The molecule has 1 aromatic carbocycles. The molecule has 2 amide bonds.